The van der Waals surface area contributed by atoms with Crippen LogP contribution in [-0.4, -0.2) is 82.4 Å². The molecule has 3 N–H and O–H groups in total. The number of nitrogens with zero attached hydrogens (tertiary/aromatic N) is 2. The summed E-state index contributed by atoms with van der Waals surface area (Å²) >= 11 is 0. The van der Waals surface area contributed by atoms with Crippen LogP contribution in [0.1, 0.15) is 97.5 Å². The fourth-order valence-electron chi connectivity index (χ4n) is 7.67. The van der Waals surface area contributed by atoms with Gasteiger partial charge in [-0.2, -0.15) is 0 Å². The van der Waals surface area contributed by atoms with Crippen LogP contribution in [0.3, 0.4) is 0 Å². The number of rotatable bonds is 16. The zero-order valence-corrected chi connectivity index (χ0v) is 29.0. The van der Waals surface area contributed by atoms with Crippen molar-refractivity contribution in [3.05, 3.63) is 48.1 Å². The molecule has 1 saturated carbocycles. The van der Waals surface area contributed by atoms with Crippen molar-refractivity contribution in [2.75, 3.05) is 33.0 Å². The van der Waals surface area contributed by atoms with E-state index in [4.69, 9.17) is 24.2 Å². The molecule has 262 valence electrons. The summed E-state index contributed by atoms with van der Waals surface area (Å²) in [5, 5.41) is 35.0. The highest BCUT2D eigenvalue weighted by atomic mass is 16.7. The van der Waals surface area contributed by atoms with Crippen molar-refractivity contribution in [2.24, 2.45) is 22.9 Å². The summed E-state index contributed by atoms with van der Waals surface area (Å²) in [6, 6.07) is 4.59. The predicted octanol–water partition coefficient (Wildman–Crippen LogP) is 6.69. The van der Waals surface area contributed by atoms with Crippen LogP contribution in [-0.2, 0) is 14.3 Å². The van der Waals surface area contributed by atoms with Gasteiger partial charge in [0.05, 0.1) is 24.8 Å². The molecule has 3 aliphatic rings. The number of carbonyl (C=O) groups excluding carboxylic acids is 1. The molecule has 1 heterocycles. The zero-order chi connectivity index (χ0) is 34.2. The zero-order valence-electron chi connectivity index (χ0n) is 29.0. The largest absolute Gasteiger partial charge is 0.508 e. The van der Waals surface area contributed by atoms with Gasteiger partial charge in [-0.05, 0) is 95.4 Å². The molecule has 1 aromatic carbocycles. The molecular formula is C37H56N2O8. The summed E-state index contributed by atoms with van der Waals surface area (Å²) < 4.78 is 19.5. The normalized spacial score (nSPS) is 27.3. The van der Waals surface area contributed by atoms with Crippen LogP contribution in [0.15, 0.2) is 47.7 Å². The summed E-state index contributed by atoms with van der Waals surface area (Å²) in [7, 11) is 0. The van der Waals surface area contributed by atoms with Gasteiger partial charge in [0.15, 0.2) is 0 Å². The summed E-state index contributed by atoms with van der Waals surface area (Å²) in [5.41, 5.74) is 2.02. The summed E-state index contributed by atoms with van der Waals surface area (Å²) in [5.74, 6) is -0.965. The molecule has 1 aromatic rings. The minimum Gasteiger partial charge on any atom is -0.508 e. The van der Waals surface area contributed by atoms with Crippen molar-refractivity contribution in [1.29, 1.82) is 0 Å². The molecule has 0 radical (unpaired) electrons. The van der Waals surface area contributed by atoms with E-state index in [1.165, 1.54) is 0 Å². The number of hydrogen-bond donors (Lipinski definition) is 3. The standard InChI is InChI=1S/C37H56N2O8/c1-7-18-39(35(43)44-9-3)32-24-30(38-47-36(4,5)6)28-22-25(14-10-12-19-40)27(15-11-13-20-41)33-29-23-26(42)16-17-31(29)46-37(32,34(28)33)45-21-8-2/h8,16-17,22-23,25,27,32-34,40-42H,2,7,9-15,18-21,24H2,1,3-6H3. The highest BCUT2D eigenvalue weighted by molar-refractivity contribution is 6.03. The highest BCUT2D eigenvalue weighted by Gasteiger charge is 2.65. The van der Waals surface area contributed by atoms with Gasteiger partial charge in [0.2, 0.25) is 5.79 Å². The fourth-order valence-corrected chi connectivity index (χ4v) is 7.67. The van der Waals surface area contributed by atoms with Crippen LogP contribution in [0.2, 0.25) is 0 Å². The summed E-state index contributed by atoms with van der Waals surface area (Å²) in [6.07, 6.45) is 9.29. The first-order chi connectivity index (χ1) is 22.5. The molecule has 1 fully saturated rings. The Balaban J connectivity index is 2.04. The number of unbranched alkanes of at least 4 members (excludes halogenated alkanes) is 2. The van der Waals surface area contributed by atoms with E-state index < -0.39 is 29.4 Å². The summed E-state index contributed by atoms with van der Waals surface area (Å²) in [6.45, 7) is 14.7. The Bertz CT molecular complexity index is 1270. The Kier molecular flexibility index (Phi) is 12.8. The smallest absolute Gasteiger partial charge is 0.410 e. The van der Waals surface area contributed by atoms with Gasteiger partial charge in [-0.1, -0.05) is 37.1 Å². The topological polar surface area (TPSA) is 130 Å². The van der Waals surface area contributed by atoms with Crippen molar-refractivity contribution in [2.45, 2.75) is 109 Å². The molecule has 10 nitrogen and oxygen atoms in total. The Labute approximate surface area is 280 Å². The van der Waals surface area contributed by atoms with Crippen LogP contribution < -0.4 is 4.74 Å². The van der Waals surface area contributed by atoms with Gasteiger partial charge in [0.25, 0.3) is 0 Å². The number of hydrogen-bond acceptors (Lipinski definition) is 9. The Morgan fingerprint density at radius 2 is 1.87 bits per heavy atom. The third-order valence-electron chi connectivity index (χ3n) is 9.43. The van der Waals surface area contributed by atoms with E-state index in [1.807, 2.05) is 27.7 Å². The Morgan fingerprint density at radius 1 is 1.15 bits per heavy atom. The SMILES string of the molecule is C=CCOC12Oc3ccc(O)cc3C3C(CCCCO)C(CCCCO)C=C(C(=NOC(C)(C)C)CC1N(CCC)C(=O)OCC)C32. The monoisotopic (exact) mass is 656 g/mol. The molecule has 1 aliphatic heterocycles. The van der Waals surface area contributed by atoms with Gasteiger partial charge in [0.1, 0.15) is 23.1 Å². The number of allylic oxidation sites excluding steroid dienone is 1. The lowest BCUT2D eigenvalue weighted by atomic mass is 9.55. The van der Waals surface area contributed by atoms with Crippen LogP contribution in [0.4, 0.5) is 4.79 Å². The van der Waals surface area contributed by atoms with Gasteiger partial charge in [-0.3, -0.25) is 4.90 Å². The second kappa shape index (κ2) is 16.3. The third-order valence-corrected chi connectivity index (χ3v) is 9.43. The number of ether oxygens (including phenoxy) is 3. The maximum atomic E-state index is 13.7. The molecule has 0 spiro atoms. The number of phenols is 1. The molecule has 0 bridgehead atoms. The van der Waals surface area contributed by atoms with Crippen molar-refractivity contribution in [3.8, 4) is 11.5 Å². The number of phenolic OH excluding ortho intramolecular Hbond substituents is 1. The van der Waals surface area contributed by atoms with E-state index in [2.05, 4.69) is 12.7 Å². The molecule has 47 heavy (non-hydrogen) atoms. The molecule has 6 unspecified atom stereocenters. The highest BCUT2D eigenvalue weighted by Crippen LogP contribution is 2.61. The number of aliphatic hydroxyl groups is 2. The first-order valence-electron chi connectivity index (χ1n) is 17.4. The predicted molar refractivity (Wildman–Crippen MR) is 181 cm³/mol. The maximum absolute atomic E-state index is 13.7. The second-order valence-electron chi connectivity index (χ2n) is 13.9. The average molecular weight is 657 g/mol. The van der Waals surface area contributed by atoms with E-state index in [1.54, 1.807) is 36.1 Å². The van der Waals surface area contributed by atoms with E-state index in [-0.39, 0.29) is 49.9 Å². The molecular weight excluding hydrogens is 600 g/mol. The molecule has 2 aliphatic carbocycles. The minimum absolute atomic E-state index is 0.0934. The number of aromatic hydroxyl groups is 1. The lowest BCUT2D eigenvalue weighted by Gasteiger charge is -2.59. The molecule has 10 heteroatoms. The van der Waals surface area contributed by atoms with Crippen molar-refractivity contribution in [1.82, 2.24) is 4.90 Å². The first-order valence-corrected chi connectivity index (χ1v) is 17.4. The van der Waals surface area contributed by atoms with E-state index in [9.17, 15) is 20.1 Å². The van der Waals surface area contributed by atoms with Crippen molar-refractivity contribution >= 4 is 11.8 Å². The lowest BCUT2D eigenvalue weighted by molar-refractivity contribution is -0.255. The Morgan fingerprint density at radius 3 is 2.51 bits per heavy atom. The molecule has 0 saturated heterocycles. The molecule has 1 amide bonds. The molecule has 4 rings (SSSR count). The van der Waals surface area contributed by atoms with Crippen LogP contribution in [0.25, 0.3) is 0 Å². The number of aliphatic hydroxyl groups excluding tert-OH is 2. The minimum atomic E-state index is -1.33. The Hall–Kier alpha value is -3.08. The summed E-state index contributed by atoms with van der Waals surface area (Å²) in [4.78, 5) is 21.6. The first kappa shape index (κ1) is 36.8. The maximum Gasteiger partial charge on any atom is 0.410 e. The van der Waals surface area contributed by atoms with Crippen LogP contribution in [0, 0.1) is 17.8 Å². The van der Waals surface area contributed by atoms with Crippen LogP contribution >= 0.6 is 0 Å². The van der Waals surface area contributed by atoms with E-state index >= 15 is 0 Å². The van der Waals surface area contributed by atoms with Gasteiger partial charge < -0.3 is 34.4 Å². The number of oxime groups is 1. The van der Waals surface area contributed by atoms with Gasteiger partial charge in [-0.15, -0.1) is 6.58 Å². The number of carbonyl (C=O) groups is 1. The second-order valence-corrected chi connectivity index (χ2v) is 13.9. The van der Waals surface area contributed by atoms with E-state index in [0.29, 0.717) is 38.0 Å². The molecule has 0 aromatic heterocycles. The van der Waals surface area contributed by atoms with Gasteiger partial charge >= 0.3 is 6.09 Å². The number of benzene rings is 1. The average Bonchev–Trinajstić information content (AvgIpc) is 3.03. The van der Waals surface area contributed by atoms with Gasteiger partial charge in [0, 0.05) is 37.7 Å². The van der Waals surface area contributed by atoms with E-state index in [0.717, 1.165) is 42.5 Å². The third kappa shape index (κ3) is 8.15. The fraction of sp³-hybridized carbons (Fsp3) is 0.676. The van der Waals surface area contributed by atoms with Crippen molar-refractivity contribution in [3.63, 3.8) is 0 Å². The van der Waals surface area contributed by atoms with Crippen molar-refractivity contribution < 1.29 is 39.2 Å². The quantitative estimate of drug-likeness (QED) is 0.102. The van der Waals surface area contributed by atoms with Crippen LogP contribution in [0.5, 0.6) is 11.5 Å². The molecule has 6 atom stereocenters. The number of fused-ring (bicyclic) bond motifs is 2. The lowest BCUT2D eigenvalue weighted by Crippen LogP contribution is -2.70. The van der Waals surface area contributed by atoms with Gasteiger partial charge in [-0.25, -0.2) is 4.79 Å². The number of amides is 1.